The maximum absolute atomic E-state index is 10.7. The first-order chi connectivity index (χ1) is 13.5. The Bertz CT molecular complexity index is 617. The minimum Gasteiger partial charge on any atom is -0.488 e. The van der Waals surface area contributed by atoms with E-state index in [4.69, 9.17) is 14.9 Å². The molecule has 1 aromatic carbocycles. The fourth-order valence-electron chi connectivity index (χ4n) is 5.26. The number of unbranched alkanes of at least 4 members (excludes halogenated alkanes) is 2. The number of aliphatic hydroxyl groups is 4. The van der Waals surface area contributed by atoms with Gasteiger partial charge in [-0.25, -0.2) is 0 Å². The summed E-state index contributed by atoms with van der Waals surface area (Å²) in [4.78, 5) is 0. The van der Waals surface area contributed by atoms with Gasteiger partial charge in [-0.05, 0) is 73.5 Å². The van der Waals surface area contributed by atoms with Crippen LogP contribution in [0, 0.1) is 17.8 Å². The predicted octanol–water partition coefficient (Wildman–Crippen LogP) is 2.81. The third-order valence-electron chi connectivity index (χ3n) is 6.71. The lowest BCUT2D eigenvalue weighted by Gasteiger charge is -2.32. The first-order valence-corrected chi connectivity index (χ1v) is 10.9. The van der Waals surface area contributed by atoms with Gasteiger partial charge in [0.15, 0.2) is 6.29 Å². The van der Waals surface area contributed by atoms with Gasteiger partial charge in [-0.3, -0.25) is 0 Å². The molecule has 4 N–H and O–H groups in total. The monoisotopic (exact) mass is 392 g/mol. The van der Waals surface area contributed by atoms with Gasteiger partial charge in [0.05, 0.1) is 12.2 Å². The quantitative estimate of drug-likeness (QED) is 0.363. The molecule has 0 aromatic heterocycles. The van der Waals surface area contributed by atoms with Crippen LogP contribution in [0.4, 0.5) is 0 Å². The summed E-state index contributed by atoms with van der Waals surface area (Å²) in [5.41, 5.74) is 2.39. The summed E-state index contributed by atoms with van der Waals surface area (Å²) in [6.07, 6.45) is 6.51. The SMILES string of the molecule is CCCCC[C@H](O)CC[C@@H]1[C@H]2Cc3cccc(OCC(O)O)c3C[C@H]2C[C@H]1O. The summed E-state index contributed by atoms with van der Waals surface area (Å²) in [6.45, 7) is 2.04. The van der Waals surface area contributed by atoms with E-state index in [1.807, 2.05) is 12.1 Å². The van der Waals surface area contributed by atoms with E-state index < -0.39 is 6.29 Å². The molecule has 28 heavy (non-hydrogen) atoms. The molecule has 1 fully saturated rings. The number of rotatable bonds is 10. The highest BCUT2D eigenvalue weighted by Gasteiger charge is 2.44. The third kappa shape index (κ3) is 5.26. The lowest BCUT2D eigenvalue weighted by molar-refractivity contribution is -0.0682. The van der Waals surface area contributed by atoms with Crippen molar-refractivity contribution in [3.05, 3.63) is 29.3 Å². The average Bonchev–Trinajstić information content (AvgIpc) is 2.97. The molecule has 5 nitrogen and oxygen atoms in total. The predicted molar refractivity (Wildman–Crippen MR) is 108 cm³/mol. The van der Waals surface area contributed by atoms with Gasteiger partial charge in [-0.1, -0.05) is 38.3 Å². The molecule has 0 aliphatic heterocycles. The normalized spacial score (nSPS) is 27.5. The van der Waals surface area contributed by atoms with Crippen LogP contribution in [0.25, 0.3) is 0 Å². The summed E-state index contributed by atoms with van der Waals surface area (Å²) in [5, 5.41) is 39.1. The van der Waals surface area contributed by atoms with Crippen LogP contribution in [0.15, 0.2) is 18.2 Å². The third-order valence-corrected chi connectivity index (χ3v) is 6.71. The molecule has 0 unspecified atom stereocenters. The number of hydrogen-bond acceptors (Lipinski definition) is 5. The molecular weight excluding hydrogens is 356 g/mol. The minimum absolute atomic E-state index is 0.133. The van der Waals surface area contributed by atoms with Crippen LogP contribution < -0.4 is 4.74 Å². The molecule has 2 aliphatic rings. The smallest absolute Gasteiger partial charge is 0.186 e. The number of ether oxygens (including phenoxy) is 1. The molecule has 0 heterocycles. The fraction of sp³-hybridized carbons (Fsp3) is 0.739. The highest BCUT2D eigenvalue weighted by Crippen LogP contribution is 2.48. The summed E-state index contributed by atoms with van der Waals surface area (Å²) in [5.74, 6) is 1.86. The molecule has 5 atom stereocenters. The van der Waals surface area contributed by atoms with Crippen molar-refractivity contribution in [1.29, 1.82) is 0 Å². The van der Waals surface area contributed by atoms with Crippen LogP contribution in [0.1, 0.15) is 63.0 Å². The minimum atomic E-state index is -1.48. The average molecular weight is 393 g/mol. The second kappa shape index (κ2) is 10.1. The van der Waals surface area contributed by atoms with Crippen LogP contribution in [-0.2, 0) is 12.8 Å². The van der Waals surface area contributed by atoms with E-state index in [1.54, 1.807) is 0 Å². The van der Waals surface area contributed by atoms with E-state index in [2.05, 4.69) is 13.0 Å². The molecule has 1 saturated carbocycles. The molecule has 3 rings (SSSR count). The first kappa shape index (κ1) is 21.6. The number of fused-ring (bicyclic) bond motifs is 2. The summed E-state index contributed by atoms with van der Waals surface area (Å²) in [6, 6.07) is 5.96. The van der Waals surface area contributed by atoms with E-state index >= 15 is 0 Å². The Balaban J connectivity index is 1.62. The van der Waals surface area contributed by atoms with Gasteiger partial charge in [-0.2, -0.15) is 0 Å². The molecular formula is C23H36O5. The first-order valence-electron chi connectivity index (χ1n) is 10.9. The van der Waals surface area contributed by atoms with Crippen LogP contribution in [0.3, 0.4) is 0 Å². The maximum atomic E-state index is 10.7. The topological polar surface area (TPSA) is 90.2 Å². The fourth-order valence-corrected chi connectivity index (χ4v) is 5.26. The second-order valence-electron chi connectivity index (χ2n) is 8.71. The van der Waals surface area contributed by atoms with Crippen molar-refractivity contribution in [2.24, 2.45) is 17.8 Å². The van der Waals surface area contributed by atoms with Crippen molar-refractivity contribution >= 4 is 0 Å². The Labute approximate surface area is 168 Å². The highest BCUT2D eigenvalue weighted by molar-refractivity contribution is 5.43. The van der Waals surface area contributed by atoms with Crippen molar-refractivity contribution in [1.82, 2.24) is 0 Å². The lowest BCUT2D eigenvalue weighted by atomic mass is 9.73. The van der Waals surface area contributed by atoms with Gasteiger partial charge >= 0.3 is 0 Å². The zero-order valence-corrected chi connectivity index (χ0v) is 17.0. The summed E-state index contributed by atoms with van der Waals surface area (Å²) < 4.78 is 5.60. The van der Waals surface area contributed by atoms with Gasteiger partial charge in [0.2, 0.25) is 0 Å². The van der Waals surface area contributed by atoms with E-state index in [0.29, 0.717) is 11.8 Å². The van der Waals surface area contributed by atoms with Crippen molar-refractivity contribution in [2.75, 3.05) is 6.61 Å². The number of hydrogen-bond donors (Lipinski definition) is 4. The van der Waals surface area contributed by atoms with Crippen LogP contribution in [-0.4, -0.2) is 45.5 Å². The van der Waals surface area contributed by atoms with E-state index in [-0.39, 0.29) is 24.7 Å². The van der Waals surface area contributed by atoms with Crippen molar-refractivity contribution in [3.63, 3.8) is 0 Å². The summed E-state index contributed by atoms with van der Waals surface area (Å²) >= 11 is 0. The highest BCUT2D eigenvalue weighted by atomic mass is 16.5. The van der Waals surface area contributed by atoms with Crippen molar-refractivity contribution in [3.8, 4) is 5.75 Å². The van der Waals surface area contributed by atoms with Gasteiger partial charge in [0.1, 0.15) is 12.4 Å². The number of aliphatic hydroxyl groups excluding tert-OH is 3. The van der Waals surface area contributed by atoms with Gasteiger partial charge in [0.25, 0.3) is 0 Å². The molecule has 158 valence electrons. The Morgan fingerprint density at radius 2 is 1.93 bits per heavy atom. The molecule has 0 amide bonds. The molecule has 0 saturated heterocycles. The zero-order valence-electron chi connectivity index (χ0n) is 17.0. The van der Waals surface area contributed by atoms with Crippen LogP contribution >= 0.6 is 0 Å². The van der Waals surface area contributed by atoms with Gasteiger partial charge < -0.3 is 25.2 Å². The zero-order chi connectivity index (χ0) is 20.1. The molecule has 0 spiro atoms. The van der Waals surface area contributed by atoms with E-state index in [9.17, 15) is 10.2 Å². The largest absolute Gasteiger partial charge is 0.488 e. The lowest BCUT2D eigenvalue weighted by Crippen LogP contribution is -2.28. The van der Waals surface area contributed by atoms with Crippen LogP contribution in [0.2, 0.25) is 0 Å². The molecule has 2 aliphatic carbocycles. The molecule has 0 radical (unpaired) electrons. The van der Waals surface area contributed by atoms with Crippen LogP contribution in [0.5, 0.6) is 5.75 Å². The second-order valence-corrected chi connectivity index (χ2v) is 8.71. The Hall–Kier alpha value is -1.14. The van der Waals surface area contributed by atoms with Crippen molar-refractivity contribution < 1.29 is 25.2 Å². The van der Waals surface area contributed by atoms with Crippen molar-refractivity contribution in [2.45, 2.75) is 83.2 Å². The number of benzene rings is 1. The Kier molecular flexibility index (Phi) is 7.75. The molecule has 5 heteroatoms. The standard InChI is InChI=1S/C23H36O5/c1-2-3-4-7-17(24)9-10-18-19-11-15-6-5-8-22(28-14-23(26)27)20(15)12-16(19)13-21(18)25/h5-6,8,16-19,21,23-27H,2-4,7,9-14H2,1H3/t16-,17-,18+,19-,21+/m0/s1. The Morgan fingerprint density at radius 3 is 2.68 bits per heavy atom. The van der Waals surface area contributed by atoms with Gasteiger partial charge in [-0.15, -0.1) is 0 Å². The molecule has 0 bridgehead atoms. The van der Waals surface area contributed by atoms with E-state index in [1.165, 1.54) is 18.4 Å². The maximum Gasteiger partial charge on any atom is 0.186 e. The molecule has 1 aromatic rings. The van der Waals surface area contributed by atoms with E-state index in [0.717, 1.165) is 56.3 Å². The Morgan fingerprint density at radius 1 is 1.11 bits per heavy atom. The summed E-state index contributed by atoms with van der Waals surface area (Å²) in [7, 11) is 0. The van der Waals surface area contributed by atoms with Gasteiger partial charge in [0, 0.05) is 0 Å².